The fourth-order valence-corrected chi connectivity index (χ4v) is 1.68. The number of hydrogen-bond acceptors (Lipinski definition) is 10. The number of isothiocyanates is 1. The maximum absolute atomic E-state index is 9.00. The van der Waals surface area contributed by atoms with Crippen LogP contribution < -0.4 is 16.4 Å². The third-order valence-corrected chi connectivity index (χ3v) is 2.62. The van der Waals surface area contributed by atoms with Crippen molar-refractivity contribution in [2.75, 3.05) is 19.6 Å². The summed E-state index contributed by atoms with van der Waals surface area (Å²) in [5.41, 5.74) is 7.50. The van der Waals surface area contributed by atoms with E-state index < -0.39 is 29.8 Å². The number of carboxylic acids is 5. The van der Waals surface area contributed by atoms with E-state index in [-0.39, 0.29) is 0 Å². The van der Waals surface area contributed by atoms with Crippen LogP contribution in [0.5, 0.6) is 0 Å². The lowest BCUT2D eigenvalue weighted by Crippen LogP contribution is -2.38. The first kappa shape index (κ1) is 44.3. The van der Waals surface area contributed by atoms with Crippen LogP contribution in [-0.4, -0.2) is 86.2 Å². The van der Waals surface area contributed by atoms with E-state index in [4.69, 9.17) is 55.2 Å². The monoisotopic (exact) mass is 564 g/mol. The van der Waals surface area contributed by atoms with Crippen molar-refractivity contribution in [3.05, 3.63) is 29.8 Å². The van der Waals surface area contributed by atoms with E-state index in [0.29, 0.717) is 12.6 Å². The standard InChI is InChI=1S/C13H20N4S.5C2H4O2/c1-11(16-7-6-14)8-15-9-12-2-4-13(5-3-12)17-10-18;5*1-2(3)4/h2-5,11,15-16H,6-9,14H2,1H3;5*1H3,(H,3,4). The number of aliphatic imine (C=N–C) groups is 1. The smallest absolute Gasteiger partial charge is 0.300 e. The number of rotatable bonds is 8. The average molecular weight is 565 g/mol. The number of hydrogen-bond donors (Lipinski definition) is 8. The molecule has 218 valence electrons. The third-order valence-electron chi connectivity index (χ3n) is 2.53. The Kier molecular flexibility index (Phi) is 38.7. The molecule has 0 amide bonds. The third kappa shape index (κ3) is 85.0. The van der Waals surface area contributed by atoms with Crippen LogP contribution in [0.3, 0.4) is 0 Å². The van der Waals surface area contributed by atoms with E-state index in [0.717, 1.165) is 59.9 Å². The fourth-order valence-electron chi connectivity index (χ4n) is 1.58. The maximum atomic E-state index is 9.00. The van der Waals surface area contributed by atoms with E-state index in [1.54, 1.807) is 0 Å². The van der Waals surface area contributed by atoms with Crippen LogP contribution in [-0.2, 0) is 30.5 Å². The molecular formula is C23H40N4O10S. The van der Waals surface area contributed by atoms with Crippen LogP contribution >= 0.6 is 12.2 Å². The molecule has 1 aromatic rings. The summed E-state index contributed by atoms with van der Waals surface area (Å²) in [6, 6.07) is 8.37. The first-order valence-electron chi connectivity index (χ1n) is 10.7. The number of aliphatic carboxylic acids is 5. The zero-order chi connectivity index (χ0) is 31.1. The highest BCUT2D eigenvalue weighted by molar-refractivity contribution is 7.78. The Hall–Kier alpha value is -3.75. The molecular weight excluding hydrogens is 524 g/mol. The van der Waals surface area contributed by atoms with Crippen LogP contribution in [0.2, 0.25) is 0 Å². The summed E-state index contributed by atoms with van der Waals surface area (Å²) in [4.78, 5) is 48.9. The molecule has 15 heteroatoms. The largest absolute Gasteiger partial charge is 0.481 e. The molecule has 1 rings (SSSR count). The predicted molar refractivity (Wildman–Crippen MR) is 146 cm³/mol. The van der Waals surface area contributed by atoms with Crippen molar-refractivity contribution in [1.29, 1.82) is 0 Å². The van der Waals surface area contributed by atoms with Gasteiger partial charge in [-0.25, -0.2) is 0 Å². The van der Waals surface area contributed by atoms with Gasteiger partial charge in [0.15, 0.2) is 0 Å². The van der Waals surface area contributed by atoms with Crippen molar-refractivity contribution in [2.24, 2.45) is 10.7 Å². The van der Waals surface area contributed by atoms with Gasteiger partial charge < -0.3 is 41.9 Å². The first-order valence-corrected chi connectivity index (χ1v) is 11.1. The van der Waals surface area contributed by atoms with Crippen LogP contribution in [0.4, 0.5) is 5.69 Å². The highest BCUT2D eigenvalue weighted by Gasteiger charge is 1.99. The van der Waals surface area contributed by atoms with E-state index in [2.05, 4.69) is 39.9 Å². The number of carbonyl (C=O) groups is 5. The Morgan fingerprint density at radius 3 is 1.47 bits per heavy atom. The van der Waals surface area contributed by atoms with Crippen molar-refractivity contribution in [3.63, 3.8) is 0 Å². The highest BCUT2D eigenvalue weighted by Crippen LogP contribution is 2.11. The molecule has 0 fully saturated rings. The second-order valence-electron chi connectivity index (χ2n) is 6.74. The van der Waals surface area contributed by atoms with Gasteiger partial charge in [0.2, 0.25) is 0 Å². The normalized spacial score (nSPS) is 8.92. The Balaban J connectivity index is -0.000000148. The van der Waals surface area contributed by atoms with Gasteiger partial charge >= 0.3 is 0 Å². The SMILES string of the molecule is CC(=O)O.CC(=O)O.CC(=O)O.CC(=O)O.CC(=O)O.CC(CNCc1ccc(N=C=S)cc1)NCCN. The molecule has 1 unspecified atom stereocenters. The Morgan fingerprint density at radius 2 is 1.18 bits per heavy atom. The minimum Gasteiger partial charge on any atom is -0.481 e. The summed E-state index contributed by atoms with van der Waals surface area (Å²) in [7, 11) is 0. The summed E-state index contributed by atoms with van der Waals surface area (Å²) in [5.74, 6) is -4.17. The van der Waals surface area contributed by atoms with E-state index in [1.165, 1.54) is 5.56 Å². The molecule has 1 atom stereocenters. The molecule has 0 saturated carbocycles. The van der Waals surface area contributed by atoms with E-state index in [9.17, 15) is 0 Å². The van der Waals surface area contributed by atoms with Crippen molar-refractivity contribution >= 4 is 52.9 Å². The number of carboxylic acid groups (broad SMARTS) is 5. The summed E-state index contributed by atoms with van der Waals surface area (Å²) in [6.07, 6.45) is 0. The van der Waals surface area contributed by atoms with Gasteiger partial charge in [-0.3, -0.25) is 24.0 Å². The summed E-state index contributed by atoms with van der Waals surface area (Å²) in [5, 5.41) is 46.2. The molecule has 0 radical (unpaired) electrons. The van der Waals surface area contributed by atoms with Crippen molar-refractivity contribution < 1.29 is 49.5 Å². The first-order chi connectivity index (χ1) is 17.4. The second kappa shape index (κ2) is 33.2. The van der Waals surface area contributed by atoms with Crippen LogP contribution in [0.15, 0.2) is 29.3 Å². The summed E-state index contributed by atoms with van der Waals surface area (Å²) < 4.78 is 0. The number of nitrogens with one attached hydrogen (secondary N) is 2. The minimum absolute atomic E-state index is 0.423. The quantitative estimate of drug-likeness (QED) is 0.166. The van der Waals surface area contributed by atoms with Gasteiger partial charge in [-0.15, -0.1) is 0 Å². The zero-order valence-electron chi connectivity index (χ0n) is 22.4. The van der Waals surface area contributed by atoms with Crippen molar-refractivity contribution in [3.8, 4) is 0 Å². The molecule has 0 bridgehead atoms. The molecule has 0 saturated heterocycles. The molecule has 1 aromatic carbocycles. The lowest BCUT2D eigenvalue weighted by molar-refractivity contribution is -0.135. The van der Waals surface area contributed by atoms with Crippen LogP contribution in [0, 0.1) is 0 Å². The minimum atomic E-state index is -0.833. The highest BCUT2D eigenvalue weighted by atomic mass is 32.1. The molecule has 9 N–H and O–H groups in total. The molecule has 0 spiro atoms. The van der Waals surface area contributed by atoms with Gasteiger partial charge in [-0.05, 0) is 36.8 Å². The molecule has 38 heavy (non-hydrogen) atoms. The number of nitrogens with two attached hydrogens (primary N) is 1. The fraction of sp³-hybridized carbons (Fsp3) is 0.478. The van der Waals surface area contributed by atoms with E-state index >= 15 is 0 Å². The summed E-state index contributed by atoms with van der Waals surface area (Å²) >= 11 is 4.56. The second-order valence-corrected chi connectivity index (χ2v) is 6.92. The van der Waals surface area contributed by atoms with Crippen molar-refractivity contribution in [2.45, 2.75) is 54.1 Å². The molecule has 14 nitrogen and oxygen atoms in total. The maximum Gasteiger partial charge on any atom is 0.300 e. The van der Waals surface area contributed by atoms with Gasteiger partial charge in [0.05, 0.1) is 10.8 Å². The Morgan fingerprint density at radius 1 is 0.842 bits per heavy atom. The lowest BCUT2D eigenvalue weighted by atomic mass is 10.2. The Bertz CT molecular complexity index is 740. The van der Waals surface area contributed by atoms with Crippen LogP contribution in [0.1, 0.15) is 47.1 Å². The molecule has 0 aliphatic carbocycles. The van der Waals surface area contributed by atoms with Gasteiger partial charge in [0, 0.05) is 66.8 Å². The number of nitrogens with zero attached hydrogens (tertiary/aromatic N) is 1. The molecule has 0 heterocycles. The topological polar surface area (TPSA) is 249 Å². The summed E-state index contributed by atoms with van der Waals surface area (Å²) in [6.45, 7) is 10.8. The number of thiocarbonyl (C=S) groups is 1. The molecule has 0 aliphatic rings. The average Bonchev–Trinajstić information content (AvgIpc) is 2.72. The van der Waals surface area contributed by atoms with Crippen molar-refractivity contribution in [1.82, 2.24) is 10.6 Å². The molecule has 0 aliphatic heterocycles. The van der Waals surface area contributed by atoms with Gasteiger partial charge in [-0.1, -0.05) is 12.1 Å². The van der Waals surface area contributed by atoms with Gasteiger partial charge in [-0.2, -0.15) is 4.99 Å². The zero-order valence-corrected chi connectivity index (χ0v) is 23.2. The van der Waals surface area contributed by atoms with Crippen LogP contribution in [0.25, 0.3) is 0 Å². The lowest BCUT2D eigenvalue weighted by Gasteiger charge is -2.14. The van der Waals surface area contributed by atoms with E-state index in [1.807, 2.05) is 24.3 Å². The Labute approximate surface area is 227 Å². The van der Waals surface area contributed by atoms with Gasteiger partial charge in [0.25, 0.3) is 29.8 Å². The molecule has 0 aromatic heterocycles. The van der Waals surface area contributed by atoms with Gasteiger partial charge in [0.1, 0.15) is 0 Å². The predicted octanol–water partition coefficient (Wildman–Crippen LogP) is 1.90. The number of benzene rings is 1.